The van der Waals surface area contributed by atoms with Crippen LogP contribution in [0.3, 0.4) is 0 Å². The van der Waals surface area contributed by atoms with Crippen molar-refractivity contribution in [3.05, 3.63) is 15.9 Å². The summed E-state index contributed by atoms with van der Waals surface area (Å²) in [7, 11) is 0. The number of aromatic nitrogens is 2. The van der Waals surface area contributed by atoms with Gasteiger partial charge >= 0.3 is 0 Å². The van der Waals surface area contributed by atoms with Crippen LogP contribution in [0.2, 0.25) is 0 Å². The van der Waals surface area contributed by atoms with E-state index >= 15 is 0 Å². The summed E-state index contributed by atoms with van der Waals surface area (Å²) in [6.45, 7) is 9.59. The summed E-state index contributed by atoms with van der Waals surface area (Å²) in [5.41, 5.74) is 1.61. The lowest BCUT2D eigenvalue weighted by atomic mass is 9.86. The Hall–Kier alpha value is -0.350. The van der Waals surface area contributed by atoms with Gasteiger partial charge in [0, 0.05) is 13.0 Å². The zero-order valence-corrected chi connectivity index (χ0v) is 15.4. The maximum Gasteiger partial charge on any atom is 0.0738 e. The molecule has 2 unspecified atom stereocenters. The van der Waals surface area contributed by atoms with Gasteiger partial charge in [0.2, 0.25) is 0 Å². The predicted molar refractivity (Wildman–Crippen MR) is 90.4 cm³/mol. The molecule has 0 radical (unpaired) electrons. The van der Waals surface area contributed by atoms with Crippen molar-refractivity contribution in [3.63, 3.8) is 0 Å². The first kappa shape index (κ1) is 17.0. The lowest BCUT2D eigenvalue weighted by molar-refractivity contribution is 0.0216. The maximum absolute atomic E-state index is 11.1. The first-order valence-electron chi connectivity index (χ1n) is 8.30. The summed E-state index contributed by atoms with van der Waals surface area (Å²) in [6.07, 6.45) is 6.08. The van der Waals surface area contributed by atoms with Crippen LogP contribution in [0.5, 0.6) is 0 Å². The third kappa shape index (κ3) is 3.89. The van der Waals surface area contributed by atoms with Crippen LogP contribution in [0, 0.1) is 18.8 Å². The summed E-state index contributed by atoms with van der Waals surface area (Å²) in [6, 6.07) is 0. The Morgan fingerprint density at radius 1 is 1.38 bits per heavy atom. The third-order valence-electron chi connectivity index (χ3n) is 5.09. The number of rotatable bonds is 4. The molecular weight excluding hydrogens is 328 g/mol. The molecule has 1 aliphatic carbocycles. The molecule has 3 nitrogen and oxygen atoms in total. The van der Waals surface area contributed by atoms with Gasteiger partial charge in [-0.1, -0.05) is 26.7 Å². The summed E-state index contributed by atoms with van der Waals surface area (Å²) < 4.78 is 3.10. The van der Waals surface area contributed by atoms with Crippen LogP contribution in [0.25, 0.3) is 0 Å². The van der Waals surface area contributed by atoms with Crippen molar-refractivity contribution in [2.75, 3.05) is 0 Å². The normalized spacial score (nSPS) is 27.1. The highest BCUT2D eigenvalue weighted by atomic mass is 79.9. The van der Waals surface area contributed by atoms with Crippen LogP contribution in [0.1, 0.15) is 64.3 Å². The lowest BCUT2D eigenvalue weighted by Gasteiger charge is -2.27. The lowest BCUT2D eigenvalue weighted by Crippen LogP contribution is -2.32. The van der Waals surface area contributed by atoms with Crippen molar-refractivity contribution < 1.29 is 5.11 Å². The average molecular weight is 357 g/mol. The Morgan fingerprint density at radius 3 is 2.71 bits per heavy atom. The van der Waals surface area contributed by atoms with Crippen molar-refractivity contribution in [2.45, 2.75) is 78.4 Å². The van der Waals surface area contributed by atoms with Crippen LogP contribution in [0.15, 0.2) is 4.47 Å². The zero-order chi connectivity index (χ0) is 15.6. The van der Waals surface area contributed by atoms with E-state index < -0.39 is 5.60 Å². The van der Waals surface area contributed by atoms with Crippen molar-refractivity contribution in [3.8, 4) is 0 Å². The highest BCUT2D eigenvalue weighted by molar-refractivity contribution is 9.10. The second-order valence-corrected chi connectivity index (χ2v) is 7.79. The highest BCUT2D eigenvalue weighted by Gasteiger charge is 2.33. The van der Waals surface area contributed by atoms with E-state index in [4.69, 9.17) is 0 Å². The SMILES string of the molecule is CCn1nc(C)c(Br)c1CC1(O)CCCC(C(C)C)CC1. The fraction of sp³-hybridized carbons (Fsp3) is 0.824. The van der Waals surface area contributed by atoms with Gasteiger partial charge in [-0.05, 0) is 60.9 Å². The number of nitrogens with zero attached hydrogens (tertiary/aromatic N) is 2. The Labute approximate surface area is 137 Å². The Morgan fingerprint density at radius 2 is 2.10 bits per heavy atom. The standard InChI is InChI=1S/C17H29BrN2O/c1-5-20-15(16(18)13(4)19-20)11-17(21)9-6-7-14(8-10-17)12(2)3/h12,14,21H,5-11H2,1-4H3. The Bertz CT molecular complexity index is 483. The van der Waals surface area contributed by atoms with Crippen LogP contribution < -0.4 is 0 Å². The third-order valence-corrected chi connectivity index (χ3v) is 6.12. The smallest absolute Gasteiger partial charge is 0.0738 e. The first-order chi connectivity index (χ1) is 9.86. The molecule has 1 aromatic heterocycles. The van der Waals surface area contributed by atoms with Gasteiger partial charge in [0.15, 0.2) is 0 Å². The fourth-order valence-corrected chi connectivity index (χ4v) is 4.03. The highest BCUT2D eigenvalue weighted by Crippen LogP contribution is 2.37. The van der Waals surface area contributed by atoms with Gasteiger partial charge < -0.3 is 5.11 Å². The average Bonchev–Trinajstić information content (AvgIpc) is 2.61. The Kier molecular flexibility index (Phi) is 5.53. The van der Waals surface area contributed by atoms with E-state index in [1.165, 1.54) is 6.42 Å². The molecule has 0 spiro atoms. The minimum atomic E-state index is -0.564. The second kappa shape index (κ2) is 6.82. The number of aliphatic hydroxyl groups is 1. The molecule has 0 amide bonds. The van der Waals surface area contributed by atoms with Gasteiger partial charge in [-0.25, -0.2) is 0 Å². The fourth-order valence-electron chi connectivity index (χ4n) is 3.61. The molecule has 1 fully saturated rings. The minimum absolute atomic E-state index is 0.564. The van der Waals surface area contributed by atoms with E-state index in [9.17, 15) is 5.11 Å². The molecule has 1 aliphatic rings. The van der Waals surface area contributed by atoms with Crippen molar-refractivity contribution in [1.29, 1.82) is 0 Å². The van der Waals surface area contributed by atoms with E-state index in [0.29, 0.717) is 6.42 Å². The van der Waals surface area contributed by atoms with E-state index in [2.05, 4.69) is 41.8 Å². The number of hydrogen-bond acceptors (Lipinski definition) is 2. The molecule has 2 atom stereocenters. The molecule has 2 rings (SSSR count). The molecule has 1 N–H and O–H groups in total. The van der Waals surface area contributed by atoms with Gasteiger partial charge in [0.05, 0.1) is 21.5 Å². The van der Waals surface area contributed by atoms with Crippen molar-refractivity contribution in [2.24, 2.45) is 11.8 Å². The first-order valence-corrected chi connectivity index (χ1v) is 9.09. The van der Waals surface area contributed by atoms with E-state index in [1.807, 2.05) is 11.6 Å². The monoisotopic (exact) mass is 356 g/mol. The second-order valence-electron chi connectivity index (χ2n) is 7.00. The van der Waals surface area contributed by atoms with E-state index in [0.717, 1.165) is 59.9 Å². The summed E-state index contributed by atoms with van der Waals surface area (Å²) >= 11 is 3.65. The van der Waals surface area contributed by atoms with Crippen LogP contribution in [0.4, 0.5) is 0 Å². The van der Waals surface area contributed by atoms with Crippen LogP contribution >= 0.6 is 15.9 Å². The van der Waals surface area contributed by atoms with Crippen LogP contribution in [-0.4, -0.2) is 20.5 Å². The van der Waals surface area contributed by atoms with E-state index in [-0.39, 0.29) is 0 Å². The number of halogens is 1. The molecule has 120 valence electrons. The largest absolute Gasteiger partial charge is 0.389 e. The molecule has 1 aromatic rings. The summed E-state index contributed by atoms with van der Waals surface area (Å²) in [4.78, 5) is 0. The maximum atomic E-state index is 11.1. The summed E-state index contributed by atoms with van der Waals surface area (Å²) in [5, 5.41) is 15.6. The molecule has 1 heterocycles. The molecule has 1 saturated carbocycles. The van der Waals surface area contributed by atoms with Crippen LogP contribution in [-0.2, 0) is 13.0 Å². The molecule has 4 heteroatoms. The van der Waals surface area contributed by atoms with Gasteiger partial charge in [0.25, 0.3) is 0 Å². The van der Waals surface area contributed by atoms with Gasteiger partial charge in [0.1, 0.15) is 0 Å². The number of aryl methyl sites for hydroxylation is 2. The van der Waals surface area contributed by atoms with Gasteiger partial charge in [-0.15, -0.1) is 0 Å². The molecule has 0 aromatic carbocycles. The van der Waals surface area contributed by atoms with Crippen molar-refractivity contribution >= 4 is 15.9 Å². The van der Waals surface area contributed by atoms with E-state index in [1.54, 1.807) is 0 Å². The number of hydrogen-bond donors (Lipinski definition) is 1. The Balaban J connectivity index is 2.14. The minimum Gasteiger partial charge on any atom is -0.389 e. The molecule has 0 bridgehead atoms. The quantitative estimate of drug-likeness (QED) is 0.807. The topological polar surface area (TPSA) is 38.0 Å². The van der Waals surface area contributed by atoms with Gasteiger partial charge in [-0.2, -0.15) is 5.10 Å². The molecule has 21 heavy (non-hydrogen) atoms. The summed E-state index contributed by atoms with van der Waals surface area (Å²) in [5.74, 6) is 1.49. The zero-order valence-electron chi connectivity index (χ0n) is 13.8. The molecular formula is C17H29BrN2O. The molecule has 0 aliphatic heterocycles. The predicted octanol–water partition coefficient (Wildman–Crippen LogP) is 4.48. The molecule has 0 saturated heterocycles. The van der Waals surface area contributed by atoms with Gasteiger partial charge in [-0.3, -0.25) is 4.68 Å². The van der Waals surface area contributed by atoms with Crippen molar-refractivity contribution in [1.82, 2.24) is 9.78 Å².